The van der Waals surface area contributed by atoms with Crippen LogP contribution in [-0.4, -0.2) is 35.9 Å². The zero-order valence-corrected chi connectivity index (χ0v) is 13.8. The van der Waals surface area contributed by atoms with E-state index in [0.717, 1.165) is 5.56 Å². The third-order valence-electron chi connectivity index (χ3n) is 2.76. The molecule has 1 aromatic carbocycles. The molecule has 0 fully saturated rings. The number of rotatable bonds is 5. The summed E-state index contributed by atoms with van der Waals surface area (Å²) < 4.78 is 0. The molecular formula is C15H23N5O3. The first kappa shape index (κ1) is 18.4. The monoisotopic (exact) mass is 321 g/mol. The topological polar surface area (TPSA) is 109 Å². The highest BCUT2D eigenvalue weighted by atomic mass is 16.6. The van der Waals surface area contributed by atoms with Crippen molar-refractivity contribution in [3.8, 4) is 0 Å². The molecule has 3 N–H and O–H groups in total. The van der Waals surface area contributed by atoms with E-state index in [-0.39, 0.29) is 23.7 Å². The molecule has 8 heteroatoms. The largest absolute Gasteiger partial charge is 0.352 e. The third-order valence-corrected chi connectivity index (χ3v) is 2.76. The van der Waals surface area contributed by atoms with Crippen LogP contribution in [0.4, 0.5) is 5.69 Å². The Bertz CT molecular complexity index is 576. The van der Waals surface area contributed by atoms with E-state index in [4.69, 9.17) is 0 Å². The van der Waals surface area contributed by atoms with Gasteiger partial charge >= 0.3 is 0 Å². The van der Waals surface area contributed by atoms with Gasteiger partial charge in [0.15, 0.2) is 5.96 Å². The molecule has 0 aliphatic rings. The highest BCUT2D eigenvalue weighted by molar-refractivity contribution is 5.86. The van der Waals surface area contributed by atoms with Crippen LogP contribution in [0.3, 0.4) is 0 Å². The Labute approximate surface area is 135 Å². The fourth-order valence-electron chi connectivity index (χ4n) is 1.77. The van der Waals surface area contributed by atoms with Gasteiger partial charge in [-0.25, -0.2) is 0 Å². The second-order valence-corrected chi connectivity index (χ2v) is 6.00. The smallest absolute Gasteiger partial charge is 0.269 e. The van der Waals surface area contributed by atoms with Gasteiger partial charge in [-0.3, -0.25) is 19.9 Å². The van der Waals surface area contributed by atoms with E-state index in [1.165, 1.54) is 12.1 Å². The summed E-state index contributed by atoms with van der Waals surface area (Å²) in [4.78, 5) is 25.9. The fourth-order valence-corrected chi connectivity index (χ4v) is 1.77. The van der Waals surface area contributed by atoms with E-state index in [9.17, 15) is 14.9 Å². The molecule has 0 saturated heterocycles. The van der Waals surface area contributed by atoms with Gasteiger partial charge in [-0.15, -0.1) is 0 Å². The van der Waals surface area contributed by atoms with Crippen molar-refractivity contribution in [2.75, 3.05) is 13.6 Å². The molecule has 0 spiro atoms. The Kier molecular flexibility index (Phi) is 6.49. The van der Waals surface area contributed by atoms with Crippen molar-refractivity contribution in [3.05, 3.63) is 39.9 Å². The van der Waals surface area contributed by atoms with Crippen LogP contribution in [0.1, 0.15) is 26.3 Å². The predicted octanol–water partition coefficient (Wildman–Crippen LogP) is 1.17. The Morgan fingerprint density at radius 3 is 2.30 bits per heavy atom. The molecule has 0 saturated carbocycles. The average Bonchev–Trinajstić information content (AvgIpc) is 2.46. The quantitative estimate of drug-likeness (QED) is 0.326. The first-order valence-electron chi connectivity index (χ1n) is 7.20. The molecule has 1 rings (SSSR count). The van der Waals surface area contributed by atoms with E-state index in [2.05, 4.69) is 20.9 Å². The maximum absolute atomic E-state index is 11.7. The van der Waals surface area contributed by atoms with Gasteiger partial charge in [0.1, 0.15) is 0 Å². The molecule has 8 nitrogen and oxygen atoms in total. The van der Waals surface area contributed by atoms with Crippen LogP contribution in [0.5, 0.6) is 0 Å². The lowest BCUT2D eigenvalue weighted by molar-refractivity contribution is -0.384. The Hall–Kier alpha value is -2.64. The van der Waals surface area contributed by atoms with E-state index < -0.39 is 4.92 Å². The summed E-state index contributed by atoms with van der Waals surface area (Å²) in [5.74, 6) is 0.350. The number of non-ortho nitro benzene ring substituents is 1. The number of carbonyl (C=O) groups is 1. The van der Waals surface area contributed by atoms with Crippen molar-refractivity contribution in [1.29, 1.82) is 0 Å². The molecule has 0 unspecified atom stereocenters. The number of nitro groups is 1. The second-order valence-electron chi connectivity index (χ2n) is 6.00. The van der Waals surface area contributed by atoms with Gasteiger partial charge in [-0.2, -0.15) is 0 Å². The van der Waals surface area contributed by atoms with E-state index >= 15 is 0 Å². The molecule has 0 heterocycles. The predicted molar refractivity (Wildman–Crippen MR) is 89.2 cm³/mol. The minimum absolute atomic E-state index is 0.0510. The molecule has 1 amide bonds. The van der Waals surface area contributed by atoms with E-state index in [0.29, 0.717) is 12.5 Å². The number of guanidine groups is 1. The van der Waals surface area contributed by atoms with Crippen LogP contribution >= 0.6 is 0 Å². The SMILES string of the molecule is CN=C(NCC(=O)NC(C)(C)C)NCc1ccc([N+](=O)[O-])cc1. The number of benzene rings is 1. The lowest BCUT2D eigenvalue weighted by Crippen LogP contribution is -2.48. The molecule has 0 radical (unpaired) electrons. The molecule has 0 bridgehead atoms. The minimum Gasteiger partial charge on any atom is -0.352 e. The van der Waals surface area contributed by atoms with E-state index in [1.54, 1.807) is 19.2 Å². The van der Waals surface area contributed by atoms with Crippen LogP contribution in [0.15, 0.2) is 29.3 Å². The second kappa shape index (κ2) is 8.11. The number of hydrogen-bond donors (Lipinski definition) is 3. The highest BCUT2D eigenvalue weighted by Gasteiger charge is 2.13. The molecular weight excluding hydrogens is 298 g/mol. The summed E-state index contributed by atoms with van der Waals surface area (Å²) in [7, 11) is 1.60. The van der Waals surface area contributed by atoms with Crippen molar-refractivity contribution >= 4 is 17.6 Å². The molecule has 0 atom stereocenters. The summed E-state index contributed by atoms with van der Waals surface area (Å²) >= 11 is 0. The average molecular weight is 321 g/mol. The van der Waals surface area contributed by atoms with Crippen molar-refractivity contribution in [2.24, 2.45) is 4.99 Å². The summed E-state index contributed by atoms with van der Waals surface area (Å²) in [5, 5.41) is 19.4. The minimum atomic E-state index is -0.439. The van der Waals surface area contributed by atoms with Crippen LogP contribution in [0.2, 0.25) is 0 Å². The number of hydrogen-bond acceptors (Lipinski definition) is 4. The maximum Gasteiger partial charge on any atom is 0.269 e. The van der Waals surface area contributed by atoms with Gasteiger partial charge in [0.05, 0.1) is 11.5 Å². The first-order valence-corrected chi connectivity index (χ1v) is 7.20. The summed E-state index contributed by atoms with van der Waals surface area (Å²) in [6.45, 7) is 6.28. The van der Waals surface area contributed by atoms with Gasteiger partial charge in [0.2, 0.25) is 5.91 Å². The van der Waals surface area contributed by atoms with Crippen molar-refractivity contribution < 1.29 is 9.72 Å². The van der Waals surface area contributed by atoms with Gasteiger partial charge in [0.25, 0.3) is 5.69 Å². The van der Waals surface area contributed by atoms with Crippen molar-refractivity contribution in [1.82, 2.24) is 16.0 Å². The lowest BCUT2D eigenvalue weighted by atomic mass is 10.1. The van der Waals surface area contributed by atoms with Crippen LogP contribution in [0.25, 0.3) is 0 Å². The Balaban J connectivity index is 2.45. The standard InChI is InChI=1S/C15H23N5O3/c1-15(2,3)19-13(21)10-18-14(16-4)17-9-11-5-7-12(8-6-11)20(22)23/h5-8H,9-10H2,1-4H3,(H,19,21)(H2,16,17,18). The van der Waals surface area contributed by atoms with Gasteiger partial charge in [-0.05, 0) is 26.3 Å². The number of nitrogens with zero attached hydrogens (tertiary/aromatic N) is 2. The first-order chi connectivity index (χ1) is 10.7. The molecule has 0 aliphatic carbocycles. The van der Waals surface area contributed by atoms with Crippen molar-refractivity contribution in [2.45, 2.75) is 32.9 Å². The molecule has 126 valence electrons. The number of nitrogens with one attached hydrogen (secondary N) is 3. The highest BCUT2D eigenvalue weighted by Crippen LogP contribution is 2.11. The van der Waals surface area contributed by atoms with E-state index in [1.807, 2.05) is 20.8 Å². The third kappa shape index (κ3) is 7.25. The Morgan fingerprint density at radius 1 is 1.22 bits per heavy atom. The molecule has 23 heavy (non-hydrogen) atoms. The number of carbonyl (C=O) groups excluding carboxylic acids is 1. The summed E-state index contributed by atoms with van der Waals surface area (Å²) in [6.07, 6.45) is 0. The van der Waals surface area contributed by atoms with Gasteiger partial charge in [0, 0.05) is 31.3 Å². The van der Waals surface area contributed by atoms with Crippen LogP contribution in [0, 0.1) is 10.1 Å². The number of aliphatic imine (C=N–C) groups is 1. The zero-order chi connectivity index (χ0) is 17.5. The summed E-state index contributed by atoms with van der Waals surface area (Å²) in [6, 6.07) is 6.24. The maximum atomic E-state index is 11.7. The van der Waals surface area contributed by atoms with Crippen LogP contribution < -0.4 is 16.0 Å². The fraction of sp³-hybridized carbons (Fsp3) is 0.467. The van der Waals surface area contributed by atoms with Gasteiger partial charge < -0.3 is 16.0 Å². The number of amides is 1. The van der Waals surface area contributed by atoms with Crippen molar-refractivity contribution in [3.63, 3.8) is 0 Å². The lowest BCUT2D eigenvalue weighted by Gasteiger charge is -2.21. The zero-order valence-electron chi connectivity index (χ0n) is 13.8. The molecule has 0 aromatic heterocycles. The van der Waals surface area contributed by atoms with Gasteiger partial charge in [-0.1, -0.05) is 12.1 Å². The normalized spacial score (nSPS) is 11.7. The van der Waals surface area contributed by atoms with Crippen LogP contribution in [-0.2, 0) is 11.3 Å². The molecule has 1 aromatic rings. The number of nitro benzene ring substituents is 1. The Morgan fingerprint density at radius 2 is 1.83 bits per heavy atom. The summed E-state index contributed by atoms with van der Waals surface area (Å²) in [5.41, 5.74) is 0.641. The molecule has 0 aliphatic heterocycles.